The van der Waals surface area contributed by atoms with Crippen LogP contribution in [0.25, 0.3) is 0 Å². The van der Waals surface area contributed by atoms with Gasteiger partial charge in [-0.05, 0) is 44.4 Å². The summed E-state index contributed by atoms with van der Waals surface area (Å²) in [6.07, 6.45) is 3.00. The molecule has 8 heteroatoms. The van der Waals surface area contributed by atoms with Crippen LogP contribution in [0.15, 0.2) is 23.1 Å². The van der Waals surface area contributed by atoms with Crippen molar-refractivity contribution in [1.82, 2.24) is 9.62 Å². The number of carbonyl (C=O) groups is 1. The molecule has 0 spiro atoms. The van der Waals surface area contributed by atoms with E-state index in [9.17, 15) is 13.2 Å². The van der Waals surface area contributed by atoms with Gasteiger partial charge < -0.3 is 10.1 Å². The maximum absolute atomic E-state index is 12.8. The zero-order valence-corrected chi connectivity index (χ0v) is 17.1. The first-order chi connectivity index (χ1) is 12.3. The molecule has 0 aromatic heterocycles. The number of nitrogens with one attached hydrogen (secondary N) is 1. The molecule has 6 nitrogen and oxygen atoms in total. The molecule has 26 heavy (non-hydrogen) atoms. The van der Waals surface area contributed by atoms with Gasteiger partial charge >= 0.3 is 0 Å². The van der Waals surface area contributed by atoms with Crippen molar-refractivity contribution in [1.29, 1.82) is 0 Å². The normalized spacial score (nSPS) is 17.7. The van der Waals surface area contributed by atoms with Gasteiger partial charge in [0, 0.05) is 25.0 Å². The van der Waals surface area contributed by atoms with Crippen molar-refractivity contribution >= 4 is 27.5 Å². The molecule has 1 aliphatic rings. The van der Waals surface area contributed by atoms with Gasteiger partial charge in [-0.3, -0.25) is 4.79 Å². The van der Waals surface area contributed by atoms with Crippen molar-refractivity contribution in [3.05, 3.63) is 23.2 Å². The number of hydrogen-bond donors (Lipinski definition) is 1. The van der Waals surface area contributed by atoms with Crippen molar-refractivity contribution < 1.29 is 17.9 Å². The van der Waals surface area contributed by atoms with Crippen LogP contribution in [-0.2, 0) is 14.8 Å². The molecule has 0 unspecified atom stereocenters. The highest BCUT2D eigenvalue weighted by atomic mass is 35.5. The Morgan fingerprint density at radius 3 is 2.58 bits per heavy atom. The third-order valence-corrected chi connectivity index (χ3v) is 6.89. The first-order valence-electron chi connectivity index (χ1n) is 8.93. The number of sulfonamides is 1. The van der Waals surface area contributed by atoms with E-state index >= 15 is 0 Å². The molecular formula is C18H27ClN2O4S. The van der Waals surface area contributed by atoms with E-state index in [1.165, 1.54) is 23.5 Å². The van der Waals surface area contributed by atoms with Crippen LogP contribution in [0.5, 0.6) is 5.75 Å². The lowest BCUT2D eigenvalue weighted by Crippen LogP contribution is -2.44. The summed E-state index contributed by atoms with van der Waals surface area (Å²) in [4.78, 5) is 12.5. The van der Waals surface area contributed by atoms with E-state index in [0.29, 0.717) is 31.7 Å². The molecular weight excluding hydrogens is 376 g/mol. The third-order valence-electron chi connectivity index (χ3n) is 4.70. The van der Waals surface area contributed by atoms with Crippen molar-refractivity contribution in [3.63, 3.8) is 0 Å². The minimum Gasteiger partial charge on any atom is -0.495 e. The van der Waals surface area contributed by atoms with E-state index in [4.69, 9.17) is 16.3 Å². The molecule has 1 aliphatic heterocycles. The molecule has 1 atom stereocenters. The number of benzene rings is 1. The van der Waals surface area contributed by atoms with Crippen molar-refractivity contribution in [2.75, 3.05) is 20.2 Å². The van der Waals surface area contributed by atoms with Gasteiger partial charge in [0.25, 0.3) is 0 Å². The van der Waals surface area contributed by atoms with Crippen LogP contribution in [0.2, 0.25) is 5.02 Å². The minimum absolute atomic E-state index is 0.0236. The topological polar surface area (TPSA) is 75.7 Å². The van der Waals surface area contributed by atoms with Crippen LogP contribution < -0.4 is 10.1 Å². The summed E-state index contributed by atoms with van der Waals surface area (Å²) >= 11 is 6.05. The van der Waals surface area contributed by atoms with E-state index in [0.717, 1.165) is 12.8 Å². The van der Waals surface area contributed by atoms with Gasteiger partial charge in [0.1, 0.15) is 5.75 Å². The van der Waals surface area contributed by atoms with E-state index in [-0.39, 0.29) is 27.8 Å². The van der Waals surface area contributed by atoms with E-state index in [1.54, 1.807) is 6.07 Å². The minimum atomic E-state index is -3.63. The smallest absolute Gasteiger partial charge is 0.243 e. The van der Waals surface area contributed by atoms with Crippen LogP contribution in [0.3, 0.4) is 0 Å². The van der Waals surface area contributed by atoms with Crippen molar-refractivity contribution in [2.24, 2.45) is 5.92 Å². The summed E-state index contributed by atoms with van der Waals surface area (Å²) in [7, 11) is -2.15. The maximum atomic E-state index is 12.8. The van der Waals surface area contributed by atoms with Crippen LogP contribution >= 0.6 is 11.6 Å². The fraction of sp³-hybridized carbons (Fsp3) is 0.611. The molecule has 2 rings (SSSR count). The Morgan fingerprint density at radius 2 is 2.04 bits per heavy atom. The van der Waals surface area contributed by atoms with Gasteiger partial charge in [0.05, 0.1) is 17.0 Å². The van der Waals surface area contributed by atoms with Gasteiger partial charge in [0.15, 0.2) is 0 Å². The predicted molar refractivity (Wildman–Crippen MR) is 102 cm³/mol. The molecule has 1 aromatic rings. The fourth-order valence-electron chi connectivity index (χ4n) is 3.18. The number of rotatable bonds is 7. The zero-order chi connectivity index (χ0) is 19.3. The number of halogens is 1. The average Bonchev–Trinajstić information content (AvgIpc) is 2.61. The molecule has 0 radical (unpaired) electrons. The SMILES string of the molecule is CCC[C@@H](C)NC(=O)C1CCN(S(=O)(=O)c2ccc(OC)c(Cl)c2)CC1. The average molecular weight is 403 g/mol. The lowest BCUT2D eigenvalue weighted by atomic mass is 9.96. The number of hydrogen-bond acceptors (Lipinski definition) is 4. The molecule has 0 saturated carbocycles. The summed E-state index contributed by atoms with van der Waals surface area (Å²) in [5, 5.41) is 3.27. The second kappa shape index (κ2) is 9.06. The van der Waals surface area contributed by atoms with E-state index < -0.39 is 10.0 Å². The molecule has 0 aliphatic carbocycles. The molecule has 1 fully saturated rings. The zero-order valence-electron chi connectivity index (χ0n) is 15.5. The Morgan fingerprint density at radius 1 is 1.38 bits per heavy atom. The van der Waals surface area contributed by atoms with Crippen LogP contribution in [0.4, 0.5) is 0 Å². The number of nitrogens with zero attached hydrogens (tertiary/aromatic N) is 1. The summed E-state index contributed by atoms with van der Waals surface area (Å²) in [5.41, 5.74) is 0. The van der Waals surface area contributed by atoms with Crippen molar-refractivity contribution in [3.8, 4) is 5.75 Å². The summed E-state index contributed by atoms with van der Waals surface area (Å²) in [6, 6.07) is 4.59. The Kier molecular flexibility index (Phi) is 7.32. The Labute approximate surface area is 160 Å². The molecule has 0 bridgehead atoms. The predicted octanol–water partition coefficient (Wildman–Crippen LogP) is 3.05. The number of piperidine rings is 1. The fourth-order valence-corrected chi connectivity index (χ4v) is 5.00. The quantitative estimate of drug-likeness (QED) is 0.760. The van der Waals surface area contributed by atoms with Gasteiger partial charge in [0.2, 0.25) is 15.9 Å². The standard InChI is InChI=1S/C18H27ClN2O4S/c1-4-5-13(2)20-18(22)14-8-10-21(11-9-14)26(23,24)15-6-7-17(25-3)16(19)12-15/h6-7,12-14H,4-5,8-11H2,1-3H3,(H,20,22)/t13-/m1/s1. The number of ether oxygens (including phenoxy) is 1. The van der Waals surface area contributed by atoms with E-state index in [2.05, 4.69) is 12.2 Å². The first kappa shape index (κ1) is 21.0. The highest BCUT2D eigenvalue weighted by Gasteiger charge is 2.32. The highest BCUT2D eigenvalue weighted by Crippen LogP contribution is 2.30. The number of methoxy groups -OCH3 is 1. The van der Waals surface area contributed by atoms with E-state index in [1.807, 2.05) is 6.92 Å². The van der Waals surface area contributed by atoms with Gasteiger partial charge in [-0.1, -0.05) is 24.9 Å². The number of amides is 1. The second-order valence-electron chi connectivity index (χ2n) is 6.67. The van der Waals surface area contributed by atoms with Crippen LogP contribution in [0, 0.1) is 5.92 Å². The lowest BCUT2D eigenvalue weighted by molar-refractivity contribution is -0.126. The largest absolute Gasteiger partial charge is 0.495 e. The molecule has 1 amide bonds. The van der Waals surface area contributed by atoms with Gasteiger partial charge in [-0.15, -0.1) is 0 Å². The van der Waals surface area contributed by atoms with Crippen LogP contribution in [0.1, 0.15) is 39.5 Å². The molecule has 146 valence electrons. The first-order valence-corrected chi connectivity index (χ1v) is 10.8. The monoisotopic (exact) mass is 402 g/mol. The van der Waals surface area contributed by atoms with Crippen molar-refractivity contribution in [2.45, 2.75) is 50.5 Å². The Bertz CT molecular complexity index is 731. The molecule has 1 N–H and O–H groups in total. The number of carbonyl (C=O) groups excluding carboxylic acids is 1. The summed E-state index contributed by atoms with van der Waals surface area (Å²) in [5.74, 6) is 0.317. The van der Waals surface area contributed by atoms with Gasteiger partial charge in [-0.2, -0.15) is 4.31 Å². The van der Waals surface area contributed by atoms with Crippen LogP contribution in [-0.4, -0.2) is 44.9 Å². The molecule has 1 saturated heterocycles. The molecule has 1 aromatic carbocycles. The Balaban J connectivity index is 2.00. The highest BCUT2D eigenvalue weighted by molar-refractivity contribution is 7.89. The Hall–Kier alpha value is -1.31. The summed E-state index contributed by atoms with van der Waals surface area (Å²) < 4.78 is 32.1. The third kappa shape index (κ3) is 4.90. The molecule has 1 heterocycles. The maximum Gasteiger partial charge on any atom is 0.243 e. The summed E-state index contributed by atoms with van der Waals surface area (Å²) in [6.45, 7) is 4.73. The van der Waals surface area contributed by atoms with Gasteiger partial charge in [-0.25, -0.2) is 8.42 Å². The second-order valence-corrected chi connectivity index (χ2v) is 9.02. The lowest BCUT2D eigenvalue weighted by Gasteiger charge is -2.31.